The molecule has 0 unspecified atom stereocenters. The SMILES string of the molecule is CCOCCN(C)C(=Nc1ccccc1)NN. The van der Waals surface area contributed by atoms with Gasteiger partial charge >= 0.3 is 0 Å². The average molecular weight is 236 g/mol. The fourth-order valence-corrected chi connectivity index (χ4v) is 1.30. The first-order valence-electron chi connectivity index (χ1n) is 5.67. The zero-order chi connectivity index (χ0) is 12.5. The maximum absolute atomic E-state index is 5.46. The van der Waals surface area contributed by atoms with E-state index in [0.717, 1.165) is 18.8 Å². The highest BCUT2D eigenvalue weighted by atomic mass is 16.5. The molecule has 0 radical (unpaired) electrons. The van der Waals surface area contributed by atoms with Crippen LogP contribution in [-0.4, -0.2) is 37.7 Å². The van der Waals surface area contributed by atoms with Crippen molar-refractivity contribution >= 4 is 11.6 Å². The molecule has 3 N–H and O–H groups in total. The van der Waals surface area contributed by atoms with Crippen LogP contribution in [0.2, 0.25) is 0 Å². The van der Waals surface area contributed by atoms with Gasteiger partial charge in [0.25, 0.3) is 0 Å². The van der Waals surface area contributed by atoms with Crippen molar-refractivity contribution in [1.29, 1.82) is 0 Å². The molecule has 0 aliphatic rings. The summed E-state index contributed by atoms with van der Waals surface area (Å²) in [6.45, 7) is 4.08. The highest BCUT2D eigenvalue weighted by molar-refractivity contribution is 5.81. The third-order valence-electron chi connectivity index (χ3n) is 2.26. The first kappa shape index (κ1) is 13.5. The molecule has 0 aliphatic carbocycles. The maximum Gasteiger partial charge on any atom is 0.213 e. The van der Waals surface area contributed by atoms with Crippen molar-refractivity contribution in [1.82, 2.24) is 10.3 Å². The fourth-order valence-electron chi connectivity index (χ4n) is 1.30. The lowest BCUT2D eigenvalue weighted by molar-refractivity contribution is 0.136. The minimum Gasteiger partial charge on any atom is -0.380 e. The molecule has 0 amide bonds. The van der Waals surface area contributed by atoms with Gasteiger partial charge in [0, 0.05) is 20.2 Å². The molecule has 0 saturated heterocycles. The summed E-state index contributed by atoms with van der Waals surface area (Å²) in [7, 11) is 1.92. The lowest BCUT2D eigenvalue weighted by Gasteiger charge is -2.20. The molecule has 0 saturated carbocycles. The number of aliphatic imine (C=N–C) groups is 1. The van der Waals surface area contributed by atoms with Crippen molar-refractivity contribution in [3.8, 4) is 0 Å². The molecule has 1 aromatic carbocycles. The van der Waals surface area contributed by atoms with Gasteiger partial charge in [0.2, 0.25) is 5.96 Å². The Balaban J connectivity index is 2.60. The number of nitrogens with zero attached hydrogens (tertiary/aromatic N) is 2. The van der Waals surface area contributed by atoms with Crippen LogP contribution in [0, 0.1) is 0 Å². The highest BCUT2D eigenvalue weighted by Gasteiger charge is 2.04. The summed E-state index contributed by atoms with van der Waals surface area (Å²) in [5.41, 5.74) is 3.46. The van der Waals surface area contributed by atoms with E-state index in [1.807, 2.05) is 49.2 Å². The average Bonchev–Trinajstić information content (AvgIpc) is 2.37. The predicted molar refractivity (Wildman–Crippen MR) is 70.0 cm³/mol. The van der Waals surface area contributed by atoms with Gasteiger partial charge in [0.15, 0.2) is 0 Å². The minimum atomic E-state index is 0.621. The van der Waals surface area contributed by atoms with E-state index < -0.39 is 0 Å². The molecule has 1 aromatic rings. The molecule has 0 aliphatic heterocycles. The second-order valence-electron chi connectivity index (χ2n) is 3.53. The first-order valence-corrected chi connectivity index (χ1v) is 5.67. The van der Waals surface area contributed by atoms with Crippen LogP contribution in [0.1, 0.15) is 6.92 Å². The normalized spacial score (nSPS) is 11.4. The Morgan fingerprint density at radius 3 is 2.71 bits per heavy atom. The molecule has 0 spiro atoms. The maximum atomic E-state index is 5.46. The Bertz CT molecular complexity index is 340. The van der Waals surface area contributed by atoms with Crippen LogP contribution in [-0.2, 0) is 4.74 Å². The molecule has 0 atom stereocenters. The lowest BCUT2D eigenvalue weighted by atomic mass is 10.3. The molecule has 0 bridgehead atoms. The van der Waals surface area contributed by atoms with Crippen LogP contribution >= 0.6 is 0 Å². The third kappa shape index (κ3) is 4.84. The van der Waals surface area contributed by atoms with E-state index in [2.05, 4.69) is 10.4 Å². The van der Waals surface area contributed by atoms with Gasteiger partial charge in [-0.1, -0.05) is 18.2 Å². The zero-order valence-corrected chi connectivity index (χ0v) is 10.4. The molecule has 1 rings (SSSR count). The Labute approximate surface area is 102 Å². The zero-order valence-electron chi connectivity index (χ0n) is 10.4. The Kier molecular flexibility index (Phi) is 6.06. The summed E-state index contributed by atoms with van der Waals surface area (Å²) in [5.74, 6) is 6.08. The van der Waals surface area contributed by atoms with Crippen molar-refractivity contribution in [2.75, 3.05) is 26.8 Å². The van der Waals surface area contributed by atoms with Crippen LogP contribution in [0.4, 0.5) is 5.69 Å². The summed E-state index contributed by atoms with van der Waals surface area (Å²) in [5, 5.41) is 0. The third-order valence-corrected chi connectivity index (χ3v) is 2.26. The number of hydrogen-bond acceptors (Lipinski definition) is 3. The number of hydrogen-bond donors (Lipinski definition) is 2. The lowest BCUT2D eigenvalue weighted by Crippen LogP contribution is -2.43. The van der Waals surface area contributed by atoms with E-state index in [4.69, 9.17) is 10.6 Å². The van der Waals surface area contributed by atoms with Gasteiger partial charge in [-0.05, 0) is 19.1 Å². The van der Waals surface area contributed by atoms with Gasteiger partial charge in [0.05, 0.1) is 12.3 Å². The molecule has 0 aromatic heterocycles. The highest BCUT2D eigenvalue weighted by Crippen LogP contribution is 2.09. The van der Waals surface area contributed by atoms with E-state index >= 15 is 0 Å². The van der Waals surface area contributed by atoms with Gasteiger partial charge in [-0.25, -0.2) is 10.8 Å². The summed E-state index contributed by atoms with van der Waals surface area (Å²) in [6, 6.07) is 9.68. The standard InChI is InChI=1S/C12H20N4O/c1-3-17-10-9-16(2)12(15-13)14-11-7-5-4-6-8-11/h4-8H,3,9-10,13H2,1-2H3,(H,14,15). The topological polar surface area (TPSA) is 62.9 Å². The molecule has 94 valence electrons. The molecule has 0 fully saturated rings. The number of nitrogens with two attached hydrogens (primary N) is 1. The Morgan fingerprint density at radius 1 is 1.41 bits per heavy atom. The van der Waals surface area contributed by atoms with Crippen molar-refractivity contribution in [3.05, 3.63) is 30.3 Å². The summed E-state index contributed by atoms with van der Waals surface area (Å²) >= 11 is 0. The molecular weight excluding hydrogens is 216 g/mol. The summed E-state index contributed by atoms with van der Waals surface area (Å²) < 4.78 is 5.28. The monoisotopic (exact) mass is 236 g/mol. The summed E-state index contributed by atoms with van der Waals surface area (Å²) in [6.07, 6.45) is 0. The molecular formula is C12H20N4O. The Hall–Kier alpha value is -1.59. The number of para-hydroxylation sites is 1. The Morgan fingerprint density at radius 2 is 2.12 bits per heavy atom. The van der Waals surface area contributed by atoms with Crippen LogP contribution in [0.5, 0.6) is 0 Å². The van der Waals surface area contributed by atoms with E-state index in [-0.39, 0.29) is 0 Å². The number of likely N-dealkylation sites (N-methyl/N-ethyl adjacent to an activating group) is 1. The van der Waals surface area contributed by atoms with Crippen LogP contribution in [0.3, 0.4) is 0 Å². The molecule has 5 heteroatoms. The van der Waals surface area contributed by atoms with E-state index in [9.17, 15) is 0 Å². The smallest absolute Gasteiger partial charge is 0.213 e. The van der Waals surface area contributed by atoms with E-state index in [0.29, 0.717) is 12.6 Å². The van der Waals surface area contributed by atoms with Crippen molar-refractivity contribution < 1.29 is 4.74 Å². The number of hydrazine groups is 1. The van der Waals surface area contributed by atoms with Gasteiger partial charge < -0.3 is 9.64 Å². The van der Waals surface area contributed by atoms with Gasteiger partial charge in [-0.15, -0.1) is 0 Å². The first-order chi connectivity index (χ1) is 8.27. The second-order valence-corrected chi connectivity index (χ2v) is 3.53. The number of nitrogens with one attached hydrogen (secondary N) is 1. The quantitative estimate of drug-likeness (QED) is 0.264. The number of rotatable bonds is 5. The number of benzene rings is 1. The number of guanidine groups is 1. The molecule has 17 heavy (non-hydrogen) atoms. The molecule has 0 heterocycles. The number of ether oxygens (including phenoxy) is 1. The van der Waals surface area contributed by atoms with E-state index in [1.165, 1.54) is 0 Å². The van der Waals surface area contributed by atoms with E-state index in [1.54, 1.807) is 0 Å². The van der Waals surface area contributed by atoms with Crippen molar-refractivity contribution in [2.45, 2.75) is 6.92 Å². The van der Waals surface area contributed by atoms with Gasteiger partial charge in [0.1, 0.15) is 0 Å². The van der Waals surface area contributed by atoms with Crippen LogP contribution in [0.25, 0.3) is 0 Å². The fraction of sp³-hybridized carbons (Fsp3) is 0.417. The van der Waals surface area contributed by atoms with Crippen LogP contribution < -0.4 is 11.3 Å². The van der Waals surface area contributed by atoms with Crippen molar-refractivity contribution in [3.63, 3.8) is 0 Å². The second kappa shape index (κ2) is 7.65. The van der Waals surface area contributed by atoms with Crippen LogP contribution in [0.15, 0.2) is 35.3 Å². The van der Waals surface area contributed by atoms with Gasteiger partial charge in [-0.2, -0.15) is 0 Å². The largest absolute Gasteiger partial charge is 0.380 e. The van der Waals surface area contributed by atoms with Crippen molar-refractivity contribution in [2.24, 2.45) is 10.8 Å². The van der Waals surface area contributed by atoms with Gasteiger partial charge in [-0.3, -0.25) is 5.43 Å². The molecule has 5 nitrogen and oxygen atoms in total. The minimum absolute atomic E-state index is 0.621. The summed E-state index contributed by atoms with van der Waals surface area (Å²) in [4.78, 5) is 6.33. The predicted octanol–water partition coefficient (Wildman–Crippen LogP) is 1.11.